The lowest BCUT2D eigenvalue weighted by Gasteiger charge is -2.15. The van der Waals surface area contributed by atoms with Crippen molar-refractivity contribution in [3.63, 3.8) is 0 Å². The molecule has 5 heteroatoms. The van der Waals surface area contributed by atoms with Gasteiger partial charge in [-0.25, -0.2) is 0 Å². The number of carbonyl (C=O) groups excluding carboxylic acids is 1. The topological polar surface area (TPSA) is 70.6 Å². The Labute approximate surface area is 113 Å². The summed E-state index contributed by atoms with van der Waals surface area (Å²) in [4.78, 5) is 11.8. The second-order valence-corrected chi connectivity index (χ2v) is 4.73. The van der Waals surface area contributed by atoms with Gasteiger partial charge in [0.05, 0.1) is 19.1 Å². The van der Waals surface area contributed by atoms with Crippen LogP contribution in [0, 0.1) is 5.92 Å². The molecule has 0 aromatic heterocycles. The van der Waals surface area contributed by atoms with Crippen molar-refractivity contribution in [2.75, 3.05) is 26.7 Å². The Morgan fingerprint density at radius 1 is 1.63 bits per heavy atom. The molecule has 5 nitrogen and oxygen atoms in total. The zero-order chi connectivity index (χ0) is 13.7. The van der Waals surface area contributed by atoms with Crippen LogP contribution in [0.25, 0.3) is 0 Å². The van der Waals surface area contributed by atoms with E-state index in [1.807, 2.05) is 18.2 Å². The number of rotatable bonds is 5. The SMILES string of the molecule is COc1cccc(C(O)CNC(=O)C2CCNC2)c1. The number of hydrogen-bond donors (Lipinski definition) is 3. The van der Waals surface area contributed by atoms with E-state index in [0.29, 0.717) is 5.75 Å². The summed E-state index contributed by atoms with van der Waals surface area (Å²) in [5.74, 6) is 0.729. The van der Waals surface area contributed by atoms with E-state index in [-0.39, 0.29) is 18.4 Å². The van der Waals surface area contributed by atoms with Gasteiger partial charge < -0.3 is 20.5 Å². The van der Waals surface area contributed by atoms with Crippen molar-refractivity contribution < 1.29 is 14.6 Å². The number of benzene rings is 1. The molecular formula is C14H20N2O3. The predicted molar refractivity (Wildman–Crippen MR) is 71.9 cm³/mol. The minimum absolute atomic E-state index is 0.00643. The van der Waals surface area contributed by atoms with Gasteiger partial charge in [0, 0.05) is 13.1 Å². The second kappa shape index (κ2) is 6.54. The molecule has 0 radical (unpaired) electrons. The highest BCUT2D eigenvalue weighted by Gasteiger charge is 2.22. The van der Waals surface area contributed by atoms with Crippen LogP contribution in [-0.2, 0) is 4.79 Å². The fourth-order valence-electron chi connectivity index (χ4n) is 2.19. The molecule has 19 heavy (non-hydrogen) atoms. The van der Waals surface area contributed by atoms with Crippen LogP contribution in [0.3, 0.4) is 0 Å². The summed E-state index contributed by atoms with van der Waals surface area (Å²) in [7, 11) is 1.58. The number of amides is 1. The van der Waals surface area contributed by atoms with Crippen molar-refractivity contribution in [3.8, 4) is 5.75 Å². The number of carbonyl (C=O) groups is 1. The molecular weight excluding hydrogens is 244 g/mol. The summed E-state index contributed by atoms with van der Waals surface area (Å²) in [5, 5.41) is 16.0. The number of methoxy groups -OCH3 is 1. The van der Waals surface area contributed by atoms with Gasteiger partial charge >= 0.3 is 0 Å². The Morgan fingerprint density at radius 3 is 3.16 bits per heavy atom. The van der Waals surface area contributed by atoms with Gasteiger partial charge in [0.1, 0.15) is 5.75 Å². The summed E-state index contributed by atoms with van der Waals surface area (Å²) in [6.45, 7) is 1.83. The van der Waals surface area contributed by atoms with Gasteiger partial charge in [0.25, 0.3) is 0 Å². The number of hydrogen-bond acceptors (Lipinski definition) is 4. The molecule has 0 bridgehead atoms. The van der Waals surface area contributed by atoms with E-state index in [4.69, 9.17) is 4.74 Å². The van der Waals surface area contributed by atoms with Crippen LogP contribution in [0.4, 0.5) is 0 Å². The van der Waals surface area contributed by atoms with Gasteiger partial charge in [0.2, 0.25) is 5.91 Å². The van der Waals surface area contributed by atoms with E-state index in [1.165, 1.54) is 0 Å². The first kappa shape index (κ1) is 13.8. The molecule has 1 saturated heterocycles. The normalized spacial score (nSPS) is 20.0. The number of ether oxygens (including phenoxy) is 1. The molecule has 1 aliphatic rings. The van der Waals surface area contributed by atoms with Crippen LogP contribution < -0.4 is 15.4 Å². The van der Waals surface area contributed by atoms with Gasteiger partial charge in [-0.1, -0.05) is 12.1 Å². The predicted octanol–water partition coefficient (Wildman–Crippen LogP) is 0.454. The zero-order valence-electron chi connectivity index (χ0n) is 11.1. The Kier molecular flexibility index (Phi) is 4.76. The summed E-state index contributed by atoms with van der Waals surface area (Å²) in [6, 6.07) is 7.23. The minimum Gasteiger partial charge on any atom is -0.497 e. The van der Waals surface area contributed by atoms with Crippen LogP contribution >= 0.6 is 0 Å². The van der Waals surface area contributed by atoms with Crippen molar-refractivity contribution in [1.29, 1.82) is 0 Å². The molecule has 104 valence electrons. The molecule has 1 heterocycles. The third-order valence-corrected chi connectivity index (χ3v) is 3.38. The fourth-order valence-corrected chi connectivity index (χ4v) is 2.19. The van der Waals surface area contributed by atoms with Crippen LogP contribution in [0.1, 0.15) is 18.1 Å². The van der Waals surface area contributed by atoms with Crippen LogP contribution in [0.15, 0.2) is 24.3 Å². The van der Waals surface area contributed by atoms with E-state index in [9.17, 15) is 9.90 Å². The Hall–Kier alpha value is -1.59. The van der Waals surface area contributed by atoms with Gasteiger partial charge in [-0.3, -0.25) is 4.79 Å². The third-order valence-electron chi connectivity index (χ3n) is 3.38. The molecule has 0 spiro atoms. The maximum atomic E-state index is 11.8. The number of aliphatic hydroxyl groups excluding tert-OH is 1. The van der Waals surface area contributed by atoms with Crippen molar-refractivity contribution in [2.24, 2.45) is 5.92 Å². The molecule has 0 saturated carbocycles. The highest BCUT2D eigenvalue weighted by Crippen LogP contribution is 2.18. The highest BCUT2D eigenvalue weighted by atomic mass is 16.5. The molecule has 1 amide bonds. The molecule has 1 fully saturated rings. The molecule has 1 aliphatic heterocycles. The fraction of sp³-hybridized carbons (Fsp3) is 0.500. The second-order valence-electron chi connectivity index (χ2n) is 4.73. The van der Waals surface area contributed by atoms with Gasteiger partial charge in [-0.15, -0.1) is 0 Å². The molecule has 0 aliphatic carbocycles. The van der Waals surface area contributed by atoms with E-state index in [0.717, 1.165) is 25.1 Å². The van der Waals surface area contributed by atoms with Crippen molar-refractivity contribution in [3.05, 3.63) is 29.8 Å². The van der Waals surface area contributed by atoms with Crippen LogP contribution in [-0.4, -0.2) is 37.8 Å². The first-order valence-corrected chi connectivity index (χ1v) is 6.51. The highest BCUT2D eigenvalue weighted by molar-refractivity contribution is 5.79. The lowest BCUT2D eigenvalue weighted by Crippen LogP contribution is -2.34. The van der Waals surface area contributed by atoms with E-state index < -0.39 is 6.10 Å². The van der Waals surface area contributed by atoms with Crippen LogP contribution in [0.5, 0.6) is 5.75 Å². The summed E-state index contributed by atoms with van der Waals surface area (Å²) < 4.78 is 5.11. The van der Waals surface area contributed by atoms with Crippen molar-refractivity contribution in [1.82, 2.24) is 10.6 Å². The van der Waals surface area contributed by atoms with E-state index in [2.05, 4.69) is 10.6 Å². The number of nitrogens with one attached hydrogen (secondary N) is 2. The van der Waals surface area contributed by atoms with E-state index in [1.54, 1.807) is 13.2 Å². The quantitative estimate of drug-likeness (QED) is 0.722. The van der Waals surface area contributed by atoms with Gasteiger partial charge in [-0.2, -0.15) is 0 Å². The first-order valence-electron chi connectivity index (χ1n) is 6.51. The molecule has 1 aromatic carbocycles. The Balaban J connectivity index is 1.86. The molecule has 2 unspecified atom stereocenters. The molecule has 2 rings (SSSR count). The lowest BCUT2D eigenvalue weighted by atomic mass is 10.1. The standard InChI is InChI=1S/C14H20N2O3/c1-19-12-4-2-3-10(7-12)13(17)9-16-14(18)11-5-6-15-8-11/h2-4,7,11,13,15,17H,5-6,8-9H2,1H3,(H,16,18). The average molecular weight is 264 g/mol. The summed E-state index contributed by atoms with van der Waals surface area (Å²) in [6.07, 6.45) is 0.148. The maximum Gasteiger partial charge on any atom is 0.224 e. The Bertz CT molecular complexity index is 430. The zero-order valence-corrected chi connectivity index (χ0v) is 11.1. The smallest absolute Gasteiger partial charge is 0.224 e. The monoisotopic (exact) mass is 264 g/mol. The van der Waals surface area contributed by atoms with E-state index >= 15 is 0 Å². The lowest BCUT2D eigenvalue weighted by molar-refractivity contribution is -0.124. The maximum absolute atomic E-state index is 11.8. The van der Waals surface area contributed by atoms with Crippen molar-refractivity contribution >= 4 is 5.91 Å². The first-order chi connectivity index (χ1) is 9.20. The molecule has 3 N–H and O–H groups in total. The molecule has 2 atom stereocenters. The van der Waals surface area contributed by atoms with Crippen LogP contribution in [0.2, 0.25) is 0 Å². The molecule has 1 aromatic rings. The largest absolute Gasteiger partial charge is 0.497 e. The minimum atomic E-state index is -0.714. The van der Waals surface area contributed by atoms with Gasteiger partial charge in [-0.05, 0) is 30.7 Å². The Morgan fingerprint density at radius 2 is 2.47 bits per heavy atom. The average Bonchev–Trinajstić information content (AvgIpc) is 2.98. The van der Waals surface area contributed by atoms with Crippen molar-refractivity contribution in [2.45, 2.75) is 12.5 Å². The number of aliphatic hydroxyl groups is 1. The van der Waals surface area contributed by atoms with Gasteiger partial charge in [0.15, 0.2) is 0 Å². The summed E-state index contributed by atoms with van der Waals surface area (Å²) in [5.41, 5.74) is 0.740. The summed E-state index contributed by atoms with van der Waals surface area (Å²) >= 11 is 0. The third kappa shape index (κ3) is 3.68.